The Morgan fingerprint density at radius 3 is 2.23 bits per heavy atom. The Balaban J connectivity index is 1.20. The van der Waals surface area contributed by atoms with E-state index in [9.17, 15) is 30.0 Å². The Morgan fingerprint density at radius 1 is 0.875 bits per heavy atom. The summed E-state index contributed by atoms with van der Waals surface area (Å²) in [4.78, 5) is 31.7. The van der Waals surface area contributed by atoms with E-state index in [-0.39, 0.29) is 52.8 Å². The van der Waals surface area contributed by atoms with Crippen molar-refractivity contribution in [2.45, 2.75) is 136 Å². The first kappa shape index (κ1) is 36.2. The molecule has 0 spiro atoms. The Bertz CT molecular complexity index is 1290. The van der Waals surface area contributed by atoms with E-state index in [0.717, 1.165) is 69.8 Å². The number of esters is 1. The first-order valence-corrected chi connectivity index (χ1v) is 18.4. The molecule has 10 heteroatoms. The average molecular weight is 676 g/mol. The standard InChI is InChI=1S/C38H61NO9/c1-21(2)22-11-16-38(33(44)45)18-17-36(6)23(29(22)38)9-10-26-35(5)14-13-27(34(3,4)25(35)12-15-37(26,36)7)48-28(41)19-39(46-8)32-31(43)30(42)24(40)20-47-32/h22-27,29-32,40,42-43H,1,9-20H2,2-8H3,(H,44,45)/t22-,23+,24+,25-,26+,27-,29+,30-,31+,32+,35-,36+,37+,38-/m0/s1. The van der Waals surface area contributed by atoms with E-state index in [0.29, 0.717) is 17.8 Å². The van der Waals surface area contributed by atoms with Gasteiger partial charge in [0.1, 0.15) is 31.0 Å². The molecule has 10 nitrogen and oxygen atoms in total. The fraction of sp³-hybridized carbons (Fsp3) is 0.895. The minimum Gasteiger partial charge on any atom is -0.481 e. The lowest BCUT2D eigenvalue weighted by Crippen LogP contribution is -2.67. The second-order valence-electron chi connectivity index (χ2n) is 18.0. The molecule has 6 aliphatic rings. The van der Waals surface area contributed by atoms with Crippen LogP contribution in [-0.4, -0.2) is 88.3 Å². The smallest absolute Gasteiger partial charge is 0.323 e. The highest BCUT2D eigenvalue weighted by Crippen LogP contribution is 2.77. The van der Waals surface area contributed by atoms with Gasteiger partial charge < -0.3 is 29.9 Å². The van der Waals surface area contributed by atoms with E-state index < -0.39 is 41.9 Å². The maximum Gasteiger partial charge on any atom is 0.323 e. The number of nitrogens with zero attached hydrogens (tertiary/aromatic N) is 1. The Kier molecular flexibility index (Phi) is 9.28. The van der Waals surface area contributed by atoms with Crippen LogP contribution in [0, 0.1) is 56.7 Å². The maximum absolute atomic E-state index is 13.4. The van der Waals surface area contributed by atoms with Crippen LogP contribution in [0.4, 0.5) is 0 Å². The molecule has 4 N–H and O–H groups in total. The van der Waals surface area contributed by atoms with Gasteiger partial charge in [-0.3, -0.25) is 14.4 Å². The van der Waals surface area contributed by atoms with E-state index in [1.54, 1.807) is 0 Å². The zero-order chi connectivity index (χ0) is 35.2. The number of carbonyl (C=O) groups excluding carboxylic acids is 1. The molecule has 0 aromatic rings. The molecule has 1 aliphatic heterocycles. The molecule has 0 amide bonds. The molecule has 0 aromatic carbocycles. The van der Waals surface area contributed by atoms with Gasteiger partial charge in [-0.1, -0.05) is 46.8 Å². The molecule has 0 aromatic heterocycles. The summed E-state index contributed by atoms with van der Waals surface area (Å²) >= 11 is 0. The molecular formula is C38H61NO9. The van der Waals surface area contributed by atoms with Gasteiger partial charge in [-0.05, 0) is 117 Å². The highest BCUT2D eigenvalue weighted by atomic mass is 16.7. The summed E-state index contributed by atoms with van der Waals surface area (Å²) in [7, 11) is 1.37. The van der Waals surface area contributed by atoms with E-state index in [1.807, 2.05) is 0 Å². The number of rotatable bonds is 7. The zero-order valence-corrected chi connectivity index (χ0v) is 30.2. The number of aliphatic hydroxyl groups is 3. The monoisotopic (exact) mass is 675 g/mol. The van der Waals surface area contributed by atoms with E-state index >= 15 is 0 Å². The predicted octanol–water partition coefficient (Wildman–Crippen LogP) is 4.94. The average Bonchev–Trinajstić information content (AvgIpc) is 3.42. The molecule has 0 unspecified atom stereocenters. The van der Waals surface area contributed by atoms with Crippen molar-refractivity contribution < 1.29 is 44.3 Å². The number of hydrogen-bond acceptors (Lipinski definition) is 9. The number of fused-ring (bicyclic) bond motifs is 7. The van der Waals surface area contributed by atoms with Gasteiger partial charge in [0, 0.05) is 5.41 Å². The van der Waals surface area contributed by atoms with Gasteiger partial charge in [0.2, 0.25) is 0 Å². The van der Waals surface area contributed by atoms with Crippen LogP contribution in [0.3, 0.4) is 0 Å². The van der Waals surface area contributed by atoms with Gasteiger partial charge >= 0.3 is 11.9 Å². The summed E-state index contributed by atoms with van der Waals surface area (Å²) in [5.41, 5.74) is 0.458. The SMILES string of the molecule is C=C(C)[C@@H]1CC[C@]2(C(=O)O)CC[C@]3(C)[C@H](CC[C@@H]4[C@@]5(C)CC[C@H](OC(=O)CN(OC)[C@@H]6OC[C@@H](O)[C@H](O)[C@H]6O)C(C)(C)[C@@H]5CC[C@]43C)[C@@H]12. The summed E-state index contributed by atoms with van der Waals surface area (Å²) in [6, 6.07) is 0. The molecule has 5 aliphatic carbocycles. The second kappa shape index (κ2) is 12.3. The van der Waals surface area contributed by atoms with Crippen molar-refractivity contribution in [3.8, 4) is 0 Å². The lowest BCUT2D eigenvalue weighted by Gasteiger charge is -2.72. The minimum absolute atomic E-state index is 0.0536. The summed E-state index contributed by atoms with van der Waals surface area (Å²) in [5.74, 6) is 0.572. The molecule has 6 rings (SSSR count). The highest BCUT2D eigenvalue weighted by Gasteiger charge is 2.72. The Labute approximate surface area is 286 Å². The van der Waals surface area contributed by atoms with E-state index in [2.05, 4.69) is 48.1 Å². The molecule has 1 heterocycles. The molecule has 14 atom stereocenters. The summed E-state index contributed by atoms with van der Waals surface area (Å²) in [6.45, 7) is 18.0. The molecule has 0 radical (unpaired) electrons. The number of aliphatic hydroxyl groups excluding tert-OH is 3. The first-order chi connectivity index (χ1) is 22.4. The largest absolute Gasteiger partial charge is 0.481 e. The van der Waals surface area contributed by atoms with Crippen molar-refractivity contribution >= 4 is 11.9 Å². The molecule has 0 bridgehead atoms. The van der Waals surface area contributed by atoms with Gasteiger partial charge in [-0.25, -0.2) is 0 Å². The number of allylic oxidation sites excluding steroid dienone is 1. The van der Waals surface area contributed by atoms with Crippen molar-refractivity contribution in [1.29, 1.82) is 0 Å². The molecular weight excluding hydrogens is 614 g/mol. The van der Waals surface area contributed by atoms with Gasteiger partial charge in [0.25, 0.3) is 0 Å². The third kappa shape index (κ3) is 5.08. The quantitative estimate of drug-likeness (QED) is 0.166. The first-order valence-electron chi connectivity index (χ1n) is 18.4. The Hall–Kier alpha value is -1.56. The van der Waals surface area contributed by atoms with Crippen molar-refractivity contribution in [3.63, 3.8) is 0 Å². The fourth-order valence-corrected chi connectivity index (χ4v) is 13.3. The van der Waals surface area contributed by atoms with Crippen LogP contribution < -0.4 is 0 Å². The van der Waals surface area contributed by atoms with Crippen molar-refractivity contribution in [2.75, 3.05) is 20.3 Å². The number of carbonyl (C=O) groups is 2. The number of carboxylic acid groups (broad SMARTS) is 1. The minimum atomic E-state index is -1.45. The van der Waals surface area contributed by atoms with Gasteiger partial charge in [0.15, 0.2) is 6.23 Å². The highest BCUT2D eigenvalue weighted by molar-refractivity contribution is 5.76. The third-order valence-electron chi connectivity index (χ3n) is 16.0. The number of ether oxygens (including phenoxy) is 2. The number of hydroxylamine groups is 2. The maximum atomic E-state index is 13.4. The van der Waals surface area contributed by atoms with Crippen LogP contribution in [0.2, 0.25) is 0 Å². The zero-order valence-electron chi connectivity index (χ0n) is 30.2. The van der Waals surface area contributed by atoms with Crippen molar-refractivity contribution in [3.05, 3.63) is 12.2 Å². The number of carboxylic acids is 1. The van der Waals surface area contributed by atoms with Gasteiger partial charge in [0.05, 0.1) is 19.1 Å². The van der Waals surface area contributed by atoms with Gasteiger partial charge in [-0.15, -0.1) is 5.06 Å². The van der Waals surface area contributed by atoms with Crippen LogP contribution in [0.15, 0.2) is 12.2 Å². The topological polar surface area (TPSA) is 146 Å². The number of aliphatic carboxylic acids is 1. The third-order valence-corrected chi connectivity index (χ3v) is 16.0. The molecule has 48 heavy (non-hydrogen) atoms. The van der Waals surface area contributed by atoms with Crippen LogP contribution in [-0.2, 0) is 23.9 Å². The Morgan fingerprint density at radius 2 is 1.58 bits per heavy atom. The molecule has 5 saturated carbocycles. The molecule has 6 fully saturated rings. The van der Waals surface area contributed by atoms with Crippen molar-refractivity contribution in [1.82, 2.24) is 5.06 Å². The van der Waals surface area contributed by atoms with Crippen molar-refractivity contribution in [2.24, 2.45) is 56.7 Å². The normalized spacial score (nSPS) is 49.6. The summed E-state index contributed by atoms with van der Waals surface area (Å²) in [6.07, 6.45) is 3.94. The van der Waals surface area contributed by atoms with Crippen LogP contribution in [0.5, 0.6) is 0 Å². The number of hydrogen-bond donors (Lipinski definition) is 4. The van der Waals surface area contributed by atoms with E-state index in [4.69, 9.17) is 14.3 Å². The lowest BCUT2D eigenvalue weighted by molar-refractivity contribution is -0.305. The second-order valence-corrected chi connectivity index (χ2v) is 18.0. The van der Waals surface area contributed by atoms with Gasteiger partial charge in [-0.2, -0.15) is 0 Å². The predicted molar refractivity (Wildman–Crippen MR) is 178 cm³/mol. The summed E-state index contributed by atoms with van der Waals surface area (Å²) in [5, 5.41) is 42.3. The van der Waals surface area contributed by atoms with E-state index in [1.165, 1.54) is 12.2 Å². The molecule has 272 valence electrons. The summed E-state index contributed by atoms with van der Waals surface area (Å²) < 4.78 is 11.7. The molecule has 1 saturated heterocycles. The fourth-order valence-electron chi connectivity index (χ4n) is 13.3. The van der Waals surface area contributed by atoms with Crippen LogP contribution >= 0.6 is 0 Å². The van der Waals surface area contributed by atoms with Crippen LogP contribution in [0.25, 0.3) is 0 Å². The van der Waals surface area contributed by atoms with Crippen LogP contribution in [0.1, 0.15) is 106 Å². The lowest BCUT2D eigenvalue weighted by atomic mass is 9.32.